The maximum absolute atomic E-state index is 13.2. The van der Waals surface area contributed by atoms with Crippen molar-refractivity contribution in [3.8, 4) is 0 Å². The molecule has 2 amide bonds. The number of fused-ring (bicyclic) bond motifs is 1. The Kier molecular flexibility index (Phi) is 7.51. The Hall–Kier alpha value is -2.73. The molecule has 0 aromatic heterocycles. The molecule has 0 N–H and O–H groups in total. The number of para-hydroxylation sites is 1. The minimum atomic E-state index is -0.341. The molecule has 0 saturated carbocycles. The Morgan fingerprint density at radius 1 is 0.931 bits per heavy atom. The lowest BCUT2D eigenvalue weighted by atomic mass is 9.91. The Morgan fingerprint density at radius 2 is 1.45 bits per heavy atom. The van der Waals surface area contributed by atoms with Crippen LogP contribution in [0.2, 0.25) is 0 Å². The van der Waals surface area contributed by atoms with E-state index < -0.39 is 0 Å². The van der Waals surface area contributed by atoms with Gasteiger partial charge in [-0.15, -0.1) is 0 Å². The molecule has 0 aliphatic carbocycles. The largest absolute Gasteiger partial charge is 0.341 e. The quantitative estimate of drug-likeness (QED) is 0.419. The number of benzene rings is 1. The normalized spacial score (nSPS) is 16.4. The second-order valence-corrected chi connectivity index (χ2v) is 6.57. The van der Waals surface area contributed by atoms with Crippen LogP contribution in [0.15, 0.2) is 54.3 Å². The fraction of sp³-hybridized carbons (Fsp3) is 0.348. The summed E-state index contributed by atoms with van der Waals surface area (Å²) in [6.45, 7) is 15.3. The summed E-state index contributed by atoms with van der Waals surface area (Å²) in [6.07, 6.45) is 3.62. The van der Waals surface area contributed by atoms with E-state index in [-0.39, 0.29) is 22.5 Å². The number of likely N-dealkylation sites (N-methyl/N-ethyl adjacent to an activating group) is 3. The molecule has 154 valence electrons. The molecule has 2 heterocycles. The molecule has 0 unspecified atom stereocenters. The summed E-state index contributed by atoms with van der Waals surface area (Å²) in [5.41, 5.74) is 3.47. The SMILES string of the molecule is C=CC1=CC(=C2C(=O)N(CC)C(=S)N(CC)C2=O)c2ccccc2N1CC.CC. The maximum Gasteiger partial charge on any atom is 0.266 e. The molecule has 6 heteroatoms. The van der Waals surface area contributed by atoms with Gasteiger partial charge in [0.15, 0.2) is 5.11 Å². The molecule has 1 saturated heterocycles. The summed E-state index contributed by atoms with van der Waals surface area (Å²) in [5, 5.41) is 0.270. The molecule has 5 nitrogen and oxygen atoms in total. The van der Waals surface area contributed by atoms with Crippen LogP contribution in [0.3, 0.4) is 0 Å². The summed E-state index contributed by atoms with van der Waals surface area (Å²) < 4.78 is 0. The first kappa shape index (κ1) is 22.6. The second kappa shape index (κ2) is 9.65. The summed E-state index contributed by atoms with van der Waals surface area (Å²) in [5.74, 6) is -0.682. The highest BCUT2D eigenvalue weighted by Crippen LogP contribution is 2.39. The lowest BCUT2D eigenvalue weighted by Crippen LogP contribution is -2.56. The first-order valence-electron chi connectivity index (χ1n) is 10.1. The number of rotatable bonds is 4. The molecule has 1 aromatic rings. The van der Waals surface area contributed by atoms with E-state index in [1.165, 1.54) is 9.80 Å². The van der Waals surface area contributed by atoms with Gasteiger partial charge in [0.05, 0.1) is 0 Å². The third-order valence-corrected chi connectivity index (χ3v) is 5.34. The van der Waals surface area contributed by atoms with E-state index in [0.717, 1.165) is 23.5 Å². The van der Waals surface area contributed by atoms with E-state index in [1.807, 2.05) is 58.0 Å². The van der Waals surface area contributed by atoms with E-state index in [0.29, 0.717) is 18.7 Å². The number of carbonyl (C=O) groups excluding carboxylic acids is 2. The average Bonchev–Trinajstić information content (AvgIpc) is 2.75. The smallest absolute Gasteiger partial charge is 0.266 e. The van der Waals surface area contributed by atoms with Crippen LogP contribution in [0.5, 0.6) is 0 Å². The van der Waals surface area contributed by atoms with Crippen LogP contribution in [0.1, 0.15) is 40.2 Å². The van der Waals surface area contributed by atoms with Gasteiger partial charge in [0, 0.05) is 42.2 Å². The minimum Gasteiger partial charge on any atom is -0.341 e. The molecule has 1 aromatic carbocycles. The van der Waals surface area contributed by atoms with E-state index in [9.17, 15) is 9.59 Å². The first-order valence-corrected chi connectivity index (χ1v) is 10.5. The van der Waals surface area contributed by atoms with Crippen molar-refractivity contribution < 1.29 is 9.59 Å². The summed E-state index contributed by atoms with van der Waals surface area (Å²) >= 11 is 5.36. The predicted molar refractivity (Wildman–Crippen MR) is 123 cm³/mol. The van der Waals surface area contributed by atoms with Crippen molar-refractivity contribution in [1.82, 2.24) is 9.80 Å². The van der Waals surface area contributed by atoms with Crippen LogP contribution >= 0.6 is 12.2 Å². The van der Waals surface area contributed by atoms with Crippen molar-refractivity contribution >= 4 is 40.4 Å². The summed E-state index contributed by atoms with van der Waals surface area (Å²) in [4.78, 5) is 31.4. The van der Waals surface area contributed by atoms with Crippen molar-refractivity contribution in [3.05, 3.63) is 59.8 Å². The van der Waals surface area contributed by atoms with Gasteiger partial charge in [0.1, 0.15) is 5.57 Å². The topological polar surface area (TPSA) is 43.9 Å². The van der Waals surface area contributed by atoms with E-state index in [4.69, 9.17) is 12.2 Å². The van der Waals surface area contributed by atoms with Crippen molar-refractivity contribution in [2.75, 3.05) is 24.5 Å². The van der Waals surface area contributed by atoms with Crippen LogP contribution in [0.4, 0.5) is 5.69 Å². The zero-order valence-electron chi connectivity index (χ0n) is 17.9. The lowest BCUT2D eigenvalue weighted by Gasteiger charge is -2.37. The molecular formula is C23H29N3O2S. The summed E-state index contributed by atoms with van der Waals surface area (Å²) in [6, 6.07) is 7.80. The van der Waals surface area contributed by atoms with Crippen LogP contribution in [-0.2, 0) is 9.59 Å². The molecule has 0 atom stereocenters. The van der Waals surface area contributed by atoms with Gasteiger partial charge in [0.25, 0.3) is 11.8 Å². The zero-order valence-corrected chi connectivity index (χ0v) is 18.7. The predicted octanol–water partition coefficient (Wildman–Crippen LogP) is 4.37. The van der Waals surface area contributed by atoms with Gasteiger partial charge < -0.3 is 4.90 Å². The van der Waals surface area contributed by atoms with Crippen molar-refractivity contribution in [3.63, 3.8) is 0 Å². The Morgan fingerprint density at radius 3 is 1.93 bits per heavy atom. The van der Waals surface area contributed by atoms with Gasteiger partial charge >= 0.3 is 0 Å². The first-order chi connectivity index (χ1) is 14.0. The Balaban J connectivity index is 0.00000145. The highest BCUT2D eigenvalue weighted by atomic mass is 32.1. The second-order valence-electron chi connectivity index (χ2n) is 6.20. The average molecular weight is 412 g/mol. The minimum absolute atomic E-state index is 0.162. The van der Waals surface area contributed by atoms with Crippen molar-refractivity contribution in [1.29, 1.82) is 0 Å². The van der Waals surface area contributed by atoms with Gasteiger partial charge in [-0.05, 0) is 51.2 Å². The monoisotopic (exact) mass is 411 g/mol. The number of nitrogens with zero attached hydrogens (tertiary/aromatic N) is 3. The number of amides is 2. The van der Waals surface area contributed by atoms with E-state index >= 15 is 0 Å². The fourth-order valence-corrected chi connectivity index (χ4v) is 4.00. The number of anilines is 1. The maximum atomic E-state index is 13.2. The number of hydrogen-bond acceptors (Lipinski definition) is 4. The molecule has 3 rings (SSSR count). The van der Waals surface area contributed by atoms with E-state index in [1.54, 1.807) is 6.08 Å². The number of carbonyl (C=O) groups is 2. The van der Waals surface area contributed by atoms with Crippen LogP contribution in [0, 0.1) is 0 Å². The molecule has 0 radical (unpaired) electrons. The molecule has 1 fully saturated rings. The third kappa shape index (κ3) is 3.77. The van der Waals surface area contributed by atoms with Gasteiger partial charge in [-0.25, -0.2) is 0 Å². The van der Waals surface area contributed by atoms with Gasteiger partial charge in [-0.2, -0.15) is 0 Å². The molecule has 0 bridgehead atoms. The van der Waals surface area contributed by atoms with Crippen LogP contribution in [0.25, 0.3) is 5.57 Å². The van der Waals surface area contributed by atoms with Gasteiger partial charge in [-0.1, -0.05) is 38.6 Å². The van der Waals surface area contributed by atoms with Crippen molar-refractivity contribution in [2.24, 2.45) is 0 Å². The molecule has 0 spiro atoms. The summed E-state index contributed by atoms with van der Waals surface area (Å²) in [7, 11) is 0. The Labute approximate surface area is 179 Å². The van der Waals surface area contributed by atoms with Gasteiger partial charge in [0.2, 0.25) is 0 Å². The molecule has 29 heavy (non-hydrogen) atoms. The number of hydrogen-bond donors (Lipinski definition) is 0. The zero-order chi connectivity index (χ0) is 21.7. The number of thiocarbonyl (C=S) groups is 1. The Bertz CT molecular complexity index is 873. The van der Waals surface area contributed by atoms with Gasteiger partial charge in [-0.3, -0.25) is 19.4 Å². The standard InChI is InChI=1S/C21H23N3O2S.C2H6/c1-5-14-13-16(15-11-9-10-12-17(15)22(14)6-2)18-19(25)23(7-3)21(27)24(8-4)20(18)26;1-2/h5,9-13H,1,6-8H2,2-4H3;1-2H3. The molecular weight excluding hydrogens is 382 g/mol. The fourth-order valence-electron chi connectivity index (χ4n) is 3.58. The van der Waals surface area contributed by atoms with E-state index in [2.05, 4.69) is 18.4 Å². The number of allylic oxidation sites excluding steroid dienone is 3. The third-order valence-electron chi connectivity index (χ3n) is 4.90. The molecule has 2 aliphatic rings. The van der Waals surface area contributed by atoms with Crippen LogP contribution in [-0.4, -0.2) is 46.4 Å². The van der Waals surface area contributed by atoms with Crippen molar-refractivity contribution in [2.45, 2.75) is 34.6 Å². The van der Waals surface area contributed by atoms with Crippen LogP contribution < -0.4 is 4.90 Å². The highest BCUT2D eigenvalue weighted by molar-refractivity contribution is 7.80. The molecule has 2 aliphatic heterocycles. The lowest BCUT2D eigenvalue weighted by molar-refractivity contribution is -0.133. The highest BCUT2D eigenvalue weighted by Gasteiger charge is 2.40.